The highest BCUT2D eigenvalue weighted by Gasteiger charge is 2.42. The Hall–Kier alpha value is -3.28. The standard InChI is InChI=1S/C24H25NO5/c1-17-5-7-18(8-6-17)9-12-23(27)28-16-22(26)25-19-10-11-20-21(15-19)30-24(29-20)13-3-2-4-14-24/h5-12,15H,2-4,13-14,16H2,1H3,(H,25,26)/b12-9+. The maximum absolute atomic E-state index is 12.1. The van der Waals surface area contributed by atoms with E-state index in [4.69, 9.17) is 14.2 Å². The first-order chi connectivity index (χ1) is 14.5. The lowest BCUT2D eigenvalue weighted by molar-refractivity contribution is -0.142. The molecule has 6 nitrogen and oxygen atoms in total. The molecule has 1 saturated carbocycles. The van der Waals surface area contributed by atoms with Crippen LogP contribution in [-0.2, 0) is 14.3 Å². The van der Waals surface area contributed by atoms with Crippen LogP contribution in [0, 0.1) is 6.92 Å². The lowest BCUT2D eigenvalue weighted by atomic mass is 9.94. The van der Waals surface area contributed by atoms with Crippen LogP contribution in [0.4, 0.5) is 5.69 Å². The van der Waals surface area contributed by atoms with Gasteiger partial charge in [-0.3, -0.25) is 4.79 Å². The van der Waals surface area contributed by atoms with E-state index in [9.17, 15) is 9.59 Å². The van der Waals surface area contributed by atoms with Gasteiger partial charge >= 0.3 is 5.97 Å². The van der Waals surface area contributed by atoms with Crippen LogP contribution in [0.25, 0.3) is 6.08 Å². The molecule has 0 unspecified atom stereocenters. The average molecular weight is 407 g/mol. The first-order valence-electron chi connectivity index (χ1n) is 10.2. The highest BCUT2D eigenvalue weighted by molar-refractivity contribution is 5.94. The molecule has 0 bridgehead atoms. The summed E-state index contributed by atoms with van der Waals surface area (Å²) >= 11 is 0. The van der Waals surface area contributed by atoms with Crippen molar-refractivity contribution in [2.24, 2.45) is 0 Å². The minimum Gasteiger partial charge on any atom is -0.452 e. The number of nitrogens with one attached hydrogen (secondary N) is 1. The monoisotopic (exact) mass is 407 g/mol. The predicted octanol–water partition coefficient (Wildman–Crippen LogP) is 4.62. The summed E-state index contributed by atoms with van der Waals surface area (Å²) in [4.78, 5) is 24.0. The highest BCUT2D eigenvalue weighted by Crippen LogP contribution is 2.46. The second-order valence-electron chi connectivity index (χ2n) is 7.74. The van der Waals surface area contributed by atoms with Crippen LogP contribution >= 0.6 is 0 Å². The molecule has 6 heteroatoms. The summed E-state index contributed by atoms with van der Waals surface area (Å²) in [7, 11) is 0. The van der Waals surface area contributed by atoms with E-state index in [0.717, 1.165) is 36.8 Å². The minimum absolute atomic E-state index is 0.366. The van der Waals surface area contributed by atoms with Crippen molar-refractivity contribution in [1.29, 1.82) is 0 Å². The van der Waals surface area contributed by atoms with Crippen LogP contribution < -0.4 is 14.8 Å². The zero-order valence-electron chi connectivity index (χ0n) is 17.0. The summed E-state index contributed by atoms with van der Waals surface area (Å²) in [6, 6.07) is 13.0. The SMILES string of the molecule is Cc1ccc(/C=C/C(=O)OCC(=O)Nc2ccc3c(c2)OC2(CCCCC2)O3)cc1. The Balaban J connectivity index is 1.27. The molecule has 0 aromatic heterocycles. The van der Waals surface area contributed by atoms with Gasteiger partial charge in [-0.1, -0.05) is 36.2 Å². The number of amides is 1. The Labute approximate surface area is 175 Å². The van der Waals surface area contributed by atoms with Gasteiger partial charge < -0.3 is 19.5 Å². The van der Waals surface area contributed by atoms with Crippen molar-refractivity contribution in [3.8, 4) is 11.5 Å². The third kappa shape index (κ3) is 4.82. The maximum Gasteiger partial charge on any atom is 0.331 e. The van der Waals surface area contributed by atoms with Crippen LogP contribution in [0.2, 0.25) is 0 Å². The normalized spacial score (nSPS) is 16.6. The molecule has 0 saturated heterocycles. The number of benzene rings is 2. The highest BCUT2D eigenvalue weighted by atomic mass is 16.7. The zero-order valence-corrected chi connectivity index (χ0v) is 17.0. The van der Waals surface area contributed by atoms with E-state index in [-0.39, 0.29) is 6.61 Å². The summed E-state index contributed by atoms with van der Waals surface area (Å²) in [5, 5.41) is 2.72. The Morgan fingerprint density at radius 2 is 1.77 bits per heavy atom. The second-order valence-corrected chi connectivity index (χ2v) is 7.74. The molecule has 1 heterocycles. The van der Waals surface area contributed by atoms with Gasteiger partial charge in [-0.2, -0.15) is 0 Å². The number of hydrogen-bond acceptors (Lipinski definition) is 5. The first kappa shape index (κ1) is 20.0. The molecule has 30 heavy (non-hydrogen) atoms. The summed E-state index contributed by atoms with van der Waals surface area (Å²) in [6.07, 6.45) is 8.07. The van der Waals surface area contributed by atoms with Gasteiger partial charge in [0.25, 0.3) is 11.7 Å². The summed E-state index contributed by atoms with van der Waals surface area (Å²) < 4.78 is 17.1. The molecular weight excluding hydrogens is 382 g/mol. The van der Waals surface area contributed by atoms with E-state index in [2.05, 4.69) is 5.32 Å². The van der Waals surface area contributed by atoms with E-state index in [1.165, 1.54) is 12.5 Å². The third-order valence-corrected chi connectivity index (χ3v) is 5.27. The van der Waals surface area contributed by atoms with Gasteiger partial charge in [-0.05, 0) is 43.5 Å². The number of fused-ring (bicyclic) bond motifs is 1. The molecule has 1 aliphatic carbocycles. The zero-order chi connectivity index (χ0) is 21.0. The first-order valence-corrected chi connectivity index (χ1v) is 10.2. The maximum atomic E-state index is 12.1. The van der Waals surface area contributed by atoms with Crippen LogP contribution in [0.15, 0.2) is 48.5 Å². The number of ether oxygens (including phenoxy) is 3. The van der Waals surface area contributed by atoms with Crippen LogP contribution in [0.3, 0.4) is 0 Å². The minimum atomic E-state index is -0.573. The van der Waals surface area contributed by atoms with Crippen molar-refractivity contribution in [2.75, 3.05) is 11.9 Å². The fourth-order valence-corrected chi connectivity index (χ4v) is 3.69. The quantitative estimate of drug-likeness (QED) is 0.578. The Kier molecular flexibility index (Phi) is 5.74. The van der Waals surface area contributed by atoms with E-state index in [1.54, 1.807) is 24.3 Å². The predicted molar refractivity (Wildman–Crippen MR) is 113 cm³/mol. The molecule has 4 rings (SSSR count). The van der Waals surface area contributed by atoms with Gasteiger partial charge in [0.1, 0.15) is 0 Å². The molecule has 2 aromatic rings. The second kappa shape index (κ2) is 8.61. The molecule has 1 N–H and O–H groups in total. The number of carbonyl (C=O) groups excluding carboxylic acids is 2. The van der Waals surface area contributed by atoms with E-state index >= 15 is 0 Å². The van der Waals surface area contributed by atoms with E-state index < -0.39 is 17.7 Å². The van der Waals surface area contributed by atoms with Crippen LogP contribution in [0.1, 0.15) is 43.2 Å². The van der Waals surface area contributed by atoms with Gasteiger partial charge in [0.15, 0.2) is 18.1 Å². The smallest absolute Gasteiger partial charge is 0.331 e. The molecule has 0 radical (unpaired) electrons. The van der Waals surface area contributed by atoms with E-state index in [0.29, 0.717) is 17.2 Å². The largest absolute Gasteiger partial charge is 0.452 e. The van der Waals surface area contributed by atoms with Crippen molar-refractivity contribution in [3.05, 3.63) is 59.7 Å². The van der Waals surface area contributed by atoms with Crippen molar-refractivity contribution in [3.63, 3.8) is 0 Å². The molecule has 156 valence electrons. The fourth-order valence-electron chi connectivity index (χ4n) is 3.69. The number of anilines is 1. The average Bonchev–Trinajstić information content (AvgIpc) is 3.08. The van der Waals surface area contributed by atoms with Gasteiger partial charge in [0, 0.05) is 30.7 Å². The number of aryl methyl sites for hydroxylation is 1. The van der Waals surface area contributed by atoms with Crippen molar-refractivity contribution < 1.29 is 23.8 Å². The van der Waals surface area contributed by atoms with Crippen molar-refractivity contribution >= 4 is 23.6 Å². The van der Waals surface area contributed by atoms with Gasteiger partial charge in [-0.15, -0.1) is 0 Å². The van der Waals surface area contributed by atoms with Crippen molar-refractivity contribution in [1.82, 2.24) is 0 Å². The van der Waals surface area contributed by atoms with Gasteiger partial charge in [-0.25, -0.2) is 4.79 Å². The number of rotatable bonds is 5. The van der Waals surface area contributed by atoms with E-state index in [1.807, 2.05) is 31.2 Å². The molecule has 1 amide bonds. The molecule has 2 aromatic carbocycles. The summed E-state index contributed by atoms with van der Waals surface area (Å²) in [5.41, 5.74) is 2.60. The lowest BCUT2D eigenvalue weighted by Gasteiger charge is -2.31. The number of carbonyl (C=O) groups is 2. The fraction of sp³-hybridized carbons (Fsp3) is 0.333. The third-order valence-electron chi connectivity index (χ3n) is 5.27. The van der Waals surface area contributed by atoms with Gasteiger partial charge in [0.2, 0.25) is 0 Å². The van der Waals surface area contributed by atoms with Crippen molar-refractivity contribution in [2.45, 2.75) is 44.8 Å². The number of esters is 1. The lowest BCUT2D eigenvalue weighted by Crippen LogP contribution is -2.40. The summed E-state index contributed by atoms with van der Waals surface area (Å²) in [6.45, 7) is 1.63. The molecule has 1 aliphatic heterocycles. The summed E-state index contributed by atoms with van der Waals surface area (Å²) in [5.74, 6) is -0.216. The molecular formula is C24H25NO5. The van der Waals surface area contributed by atoms with Crippen LogP contribution in [0.5, 0.6) is 11.5 Å². The molecule has 0 atom stereocenters. The molecule has 1 fully saturated rings. The Bertz CT molecular complexity index is 958. The Morgan fingerprint density at radius 3 is 2.53 bits per heavy atom. The molecule has 1 spiro atoms. The van der Waals surface area contributed by atoms with Gasteiger partial charge in [0.05, 0.1) is 0 Å². The number of hydrogen-bond donors (Lipinski definition) is 1. The Morgan fingerprint density at radius 1 is 1.03 bits per heavy atom. The molecule has 2 aliphatic rings. The van der Waals surface area contributed by atoms with Crippen LogP contribution in [-0.4, -0.2) is 24.3 Å². The topological polar surface area (TPSA) is 73.9 Å².